The zero-order valence-corrected chi connectivity index (χ0v) is 14.1. The monoisotopic (exact) mass is 305 g/mol. The summed E-state index contributed by atoms with van der Waals surface area (Å²) in [6.07, 6.45) is 0. The van der Waals surface area contributed by atoms with Crippen LogP contribution in [0.1, 0.15) is 42.9 Å². The van der Waals surface area contributed by atoms with Gasteiger partial charge in [-0.25, -0.2) is 0 Å². The molecule has 1 aromatic carbocycles. The third kappa shape index (κ3) is 3.44. The van der Waals surface area contributed by atoms with Gasteiger partial charge in [0.25, 0.3) is 5.91 Å². The maximum atomic E-state index is 12.6. The van der Waals surface area contributed by atoms with Gasteiger partial charge in [-0.3, -0.25) is 4.79 Å². The van der Waals surface area contributed by atoms with E-state index in [0.717, 1.165) is 20.5 Å². The number of rotatable bonds is 4. The third-order valence-corrected chi connectivity index (χ3v) is 5.05. The number of methoxy groups -OCH3 is 1. The van der Waals surface area contributed by atoms with Crippen molar-refractivity contribution in [2.75, 3.05) is 7.11 Å². The Morgan fingerprint density at radius 1 is 1.33 bits per heavy atom. The van der Waals surface area contributed by atoms with Crippen LogP contribution in [-0.4, -0.2) is 19.1 Å². The summed E-state index contributed by atoms with van der Waals surface area (Å²) in [5.41, 5.74) is 1.02. The number of carbonyl (C=O) groups is 1. The van der Waals surface area contributed by atoms with E-state index in [2.05, 4.69) is 26.1 Å². The second-order valence-corrected chi connectivity index (χ2v) is 7.45. The SMILES string of the molecule is COCc1c(C(=O)NC(C)C(C)(C)C)sc2ccccc12. The van der Waals surface area contributed by atoms with Gasteiger partial charge in [0.15, 0.2) is 0 Å². The quantitative estimate of drug-likeness (QED) is 0.919. The normalized spacial score (nSPS) is 13.4. The van der Waals surface area contributed by atoms with E-state index < -0.39 is 0 Å². The van der Waals surface area contributed by atoms with Gasteiger partial charge in [-0.05, 0) is 23.8 Å². The second kappa shape index (κ2) is 6.16. The minimum Gasteiger partial charge on any atom is -0.380 e. The van der Waals surface area contributed by atoms with Crippen LogP contribution < -0.4 is 5.32 Å². The fraction of sp³-hybridized carbons (Fsp3) is 0.471. The summed E-state index contributed by atoms with van der Waals surface area (Å²) in [5.74, 6) is -0.00863. The number of fused-ring (bicyclic) bond motifs is 1. The Morgan fingerprint density at radius 2 is 2.00 bits per heavy atom. The molecular formula is C17H23NO2S. The highest BCUT2D eigenvalue weighted by atomic mass is 32.1. The van der Waals surface area contributed by atoms with Crippen molar-refractivity contribution in [2.45, 2.75) is 40.3 Å². The molecule has 0 aliphatic rings. The average molecular weight is 305 g/mol. The van der Waals surface area contributed by atoms with E-state index in [9.17, 15) is 4.79 Å². The average Bonchev–Trinajstić information content (AvgIpc) is 2.77. The van der Waals surface area contributed by atoms with Crippen molar-refractivity contribution in [1.82, 2.24) is 5.32 Å². The molecule has 1 heterocycles. The van der Waals surface area contributed by atoms with E-state index >= 15 is 0 Å². The summed E-state index contributed by atoms with van der Waals surface area (Å²) in [4.78, 5) is 13.4. The molecule has 1 unspecified atom stereocenters. The molecule has 2 rings (SSSR count). The molecule has 0 aliphatic heterocycles. The molecule has 4 heteroatoms. The molecule has 1 amide bonds. The Kier molecular flexibility index (Phi) is 4.69. The highest BCUT2D eigenvalue weighted by molar-refractivity contribution is 7.21. The van der Waals surface area contributed by atoms with Crippen LogP contribution in [-0.2, 0) is 11.3 Å². The van der Waals surface area contributed by atoms with E-state index in [1.165, 1.54) is 11.3 Å². The van der Waals surface area contributed by atoms with Crippen LogP contribution in [0.4, 0.5) is 0 Å². The summed E-state index contributed by atoms with van der Waals surface area (Å²) in [6, 6.07) is 8.18. The fourth-order valence-corrected chi connectivity index (χ4v) is 3.16. The number of carbonyl (C=O) groups excluding carboxylic acids is 1. The lowest BCUT2D eigenvalue weighted by Crippen LogP contribution is -2.41. The molecule has 1 aromatic heterocycles. The maximum Gasteiger partial charge on any atom is 0.261 e. The van der Waals surface area contributed by atoms with Gasteiger partial charge in [-0.1, -0.05) is 39.0 Å². The van der Waals surface area contributed by atoms with Gasteiger partial charge in [0.1, 0.15) is 0 Å². The second-order valence-electron chi connectivity index (χ2n) is 6.40. The lowest BCUT2D eigenvalue weighted by Gasteiger charge is -2.28. The fourth-order valence-electron chi connectivity index (χ4n) is 2.05. The molecule has 114 valence electrons. The molecule has 0 radical (unpaired) electrons. The lowest BCUT2D eigenvalue weighted by atomic mass is 9.88. The van der Waals surface area contributed by atoms with Crippen molar-refractivity contribution >= 4 is 27.3 Å². The Labute approximate surface area is 130 Å². The smallest absolute Gasteiger partial charge is 0.261 e. The van der Waals surface area contributed by atoms with Gasteiger partial charge < -0.3 is 10.1 Å². The Balaban J connectivity index is 2.36. The van der Waals surface area contributed by atoms with Crippen LogP contribution in [0.2, 0.25) is 0 Å². The van der Waals surface area contributed by atoms with Crippen LogP contribution in [0.5, 0.6) is 0 Å². The molecular weight excluding hydrogens is 282 g/mol. The largest absolute Gasteiger partial charge is 0.380 e. The Bertz CT molecular complexity index is 640. The molecule has 0 fully saturated rings. The van der Waals surface area contributed by atoms with Gasteiger partial charge in [-0.15, -0.1) is 11.3 Å². The zero-order valence-electron chi connectivity index (χ0n) is 13.3. The summed E-state index contributed by atoms with van der Waals surface area (Å²) in [7, 11) is 1.66. The number of hydrogen-bond donors (Lipinski definition) is 1. The van der Waals surface area contributed by atoms with E-state index in [0.29, 0.717) is 6.61 Å². The van der Waals surface area contributed by atoms with E-state index in [-0.39, 0.29) is 17.4 Å². The molecule has 0 bridgehead atoms. The summed E-state index contributed by atoms with van der Waals surface area (Å²) < 4.78 is 6.41. The highest BCUT2D eigenvalue weighted by Gasteiger charge is 2.25. The minimum atomic E-state index is -0.00863. The van der Waals surface area contributed by atoms with Crippen LogP contribution in [0.25, 0.3) is 10.1 Å². The van der Waals surface area contributed by atoms with Crippen LogP contribution >= 0.6 is 11.3 Å². The van der Waals surface area contributed by atoms with Gasteiger partial charge in [0, 0.05) is 23.4 Å². The van der Waals surface area contributed by atoms with E-state index in [1.807, 2.05) is 31.2 Å². The molecule has 0 saturated carbocycles. The first-order valence-electron chi connectivity index (χ1n) is 7.14. The molecule has 2 aromatic rings. The topological polar surface area (TPSA) is 38.3 Å². The van der Waals surface area contributed by atoms with Gasteiger partial charge >= 0.3 is 0 Å². The van der Waals surface area contributed by atoms with Crippen molar-refractivity contribution in [1.29, 1.82) is 0 Å². The Hall–Kier alpha value is -1.39. The number of benzene rings is 1. The first kappa shape index (κ1) is 16.0. The Morgan fingerprint density at radius 3 is 2.62 bits per heavy atom. The van der Waals surface area contributed by atoms with Gasteiger partial charge in [0.2, 0.25) is 0 Å². The van der Waals surface area contributed by atoms with Crippen LogP contribution in [0.3, 0.4) is 0 Å². The molecule has 1 N–H and O–H groups in total. The van der Waals surface area contributed by atoms with E-state index in [1.54, 1.807) is 7.11 Å². The van der Waals surface area contributed by atoms with E-state index in [4.69, 9.17) is 4.74 Å². The molecule has 1 atom stereocenters. The molecule has 3 nitrogen and oxygen atoms in total. The molecule has 21 heavy (non-hydrogen) atoms. The van der Waals surface area contributed by atoms with Crippen LogP contribution in [0.15, 0.2) is 24.3 Å². The summed E-state index contributed by atoms with van der Waals surface area (Å²) in [5, 5.41) is 4.22. The first-order chi connectivity index (χ1) is 9.84. The minimum absolute atomic E-state index is 0.00863. The number of amides is 1. The maximum absolute atomic E-state index is 12.6. The summed E-state index contributed by atoms with van der Waals surface area (Å²) >= 11 is 1.53. The number of nitrogens with one attached hydrogen (secondary N) is 1. The highest BCUT2D eigenvalue weighted by Crippen LogP contribution is 2.32. The number of ether oxygens (including phenoxy) is 1. The van der Waals surface area contributed by atoms with Crippen molar-refractivity contribution in [3.8, 4) is 0 Å². The predicted molar refractivity (Wildman–Crippen MR) is 88.9 cm³/mol. The van der Waals surface area contributed by atoms with Gasteiger partial charge in [0.05, 0.1) is 11.5 Å². The number of thiophene rings is 1. The number of hydrogen-bond acceptors (Lipinski definition) is 3. The lowest BCUT2D eigenvalue weighted by molar-refractivity contribution is 0.0910. The first-order valence-corrected chi connectivity index (χ1v) is 7.96. The van der Waals surface area contributed by atoms with Gasteiger partial charge in [-0.2, -0.15) is 0 Å². The molecule has 0 spiro atoms. The summed E-state index contributed by atoms with van der Waals surface area (Å²) in [6.45, 7) is 8.87. The van der Waals surface area contributed by atoms with Crippen molar-refractivity contribution in [2.24, 2.45) is 5.41 Å². The third-order valence-electron chi connectivity index (χ3n) is 3.84. The molecule has 0 aliphatic carbocycles. The van der Waals surface area contributed by atoms with Crippen molar-refractivity contribution < 1.29 is 9.53 Å². The predicted octanol–water partition coefficient (Wildman–Crippen LogP) is 4.21. The standard InChI is InChI=1S/C17H23NO2S/c1-11(17(2,3)4)18-16(19)15-13(10-20-5)12-8-6-7-9-14(12)21-15/h6-9,11H,10H2,1-5H3,(H,18,19). The van der Waals surface area contributed by atoms with Crippen molar-refractivity contribution in [3.05, 3.63) is 34.7 Å². The molecule has 0 saturated heterocycles. The van der Waals surface area contributed by atoms with Crippen LogP contribution in [0, 0.1) is 5.41 Å². The van der Waals surface area contributed by atoms with Crippen molar-refractivity contribution in [3.63, 3.8) is 0 Å². The zero-order chi connectivity index (χ0) is 15.6.